The van der Waals surface area contributed by atoms with Crippen LogP contribution in [0.2, 0.25) is 0 Å². The number of fused-ring (bicyclic) bond motifs is 2. The molecule has 0 radical (unpaired) electrons. The summed E-state index contributed by atoms with van der Waals surface area (Å²) >= 11 is 0. The van der Waals surface area contributed by atoms with Crippen molar-refractivity contribution in [3.63, 3.8) is 0 Å². The Hall–Kier alpha value is -0.530. The minimum Gasteiger partial charge on any atom is -0.460 e. The predicted octanol–water partition coefficient (Wildman–Crippen LogP) is 3.01. The molecule has 0 aromatic carbocycles. The topological polar surface area (TPSA) is 26.3 Å². The SMILES string of the molecule is CC1C2CCC(C2)C1C(=O)OC(C)(C)C. The summed E-state index contributed by atoms with van der Waals surface area (Å²) < 4.78 is 5.51. The van der Waals surface area contributed by atoms with Crippen LogP contribution in [-0.4, -0.2) is 11.6 Å². The predicted molar refractivity (Wildman–Crippen MR) is 59.3 cm³/mol. The van der Waals surface area contributed by atoms with Crippen LogP contribution in [0.3, 0.4) is 0 Å². The molecular weight excluding hydrogens is 188 g/mol. The molecule has 2 fully saturated rings. The monoisotopic (exact) mass is 210 g/mol. The lowest BCUT2D eigenvalue weighted by atomic mass is 9.80. The molecule has 2 aliphatic rings. The first-order valence-electron chi connectivity index (χ1n) is 6.11. The number of esters is 1. The fraction of sp³-hybridized carbons (Fsp3) is 0.923. The molecule has 0 aromatic heterocycles. The van der Waals surface area contributed by atoms with Gasteiger partial charge in [0.2, 0.25) is 0 Å². The van der Waals surface area contributed by atoms with Crippen LogP contribution in [0.4, 0.5) is 0 Å². The third-order valence-corrected chi connectivity index (χ3v) is 4.01. The molecule has 0 amide bonds. The van der Waals surface area contributed by atoms with Crippen LogP contribution in [0.25, 0.3) is 0 Å². The lowest BCUT2D eigenvalue weighted by Gasteiger charge is -2.29. The van der Waals surface area contributed by atoms with Gasteiger partial charge < -0.3 is 4.74 Å². The smallest absolute Gasteiger partial charge is 0.310 e. The van der Waals surface area contributed by atoms with Crippen LogP contribution in [0, 0.1) is 23.7 Å². The largest absolute Gasteiger partial charge is 0.460 e. The summed E-state index contributed by atoms with van der Waals surface area (Å²) in [5, 5.41) is 0. The first-order valence-corrected chi connectivity index (χ1v) is 6.11. The molecule has 2 heteroatoms. The first kappa shape index (κ1) is 11.0. The molecule has 0 saturated heterocycles. The highest BCUT2D eigenvalue weighted by Crippen LogP contribution is 2.52. The van der Waals surface area contributed by atoms with Gasteiger partial charge in [0.25, 0.3) is 0 Å². The third kappa shape index (κ3) is 2.04. The third-order valence-electron chi connectivity index (χ3n) is 4.01. The van der Waals surface area contributed by atoms with Gasteiger partial charge in [-0.1, -0.05) is 6.92 Å². The number of hydrogen-bond donors (Lipinski definition) is 0. The highest BCUT2D eigenvalue weighted by molar-refractivity contribution is 5.74. The van der Waals surface area contributed by atoms with Crippen molar-refractivity contribution in [2.75, 3.05) is 0 Å². The van der Waals surface area contributed by atoms with Crippen molar-refractivity contribution in [3.05, 3.63) is 0 Å². The minimum absolute atomic E-state index is 0.0437. The summed E-state index contributed by atoms with van der Waals surface area (Å²) in [6, 6.07) is 0. The molecule has 2 saturated carbocycles. The van der Waals surface area contributed by atoms with E-state index in [4.69, 9.17) is 4.74 Å². The van der Waals surface area contributed by atoms with E-state index in [1.54, 1.807) is 0 Å². The van der Waals surface area contributed by atoms with E-state index < -0.39 is 0 Å². The van der Waals surface area contributed by atoms with Crippen molar-refractivity contribution in [1.82, 2.24) is 0 Å². The van der Waals surface area contributed by atoms with Crippen molar-refractivity contribution in [1.29, 1.82) is 0 Å². The molecular formula is C13H22O2. The maximum absolute atomic E-state index is 12.0. The molecule has 0 aromatic rings. The second kappa shape index (κ2) is 3.50. The Balaban J connectivity index is 2.02. The van der Waals surface area contributed by atoms with Gasteiger partial charge in [0, 0.05) is 0 Å². The van der Waals surface area contributed by atoms with Gasteiger partial charge in [-0.05, 0) is 57.8 Å². The molecule has 0 aliphatic heterocycles. The quantitative estimate of drug-likeness (QED) is 0.622. The summed E-state index contributed by atoms with van der Waals surface area (Å²) in [6.45, 7) is 8.06. The minimum atomic E-state index is -0.335. The van der Waals surface area contributed by atoms with E-state index in [1.807, 2.05) is 20.8 Å². The van der Waals surface area contributed by atoms with Gasteiger partial charge in [-0.25, -0.2) is 0 Å². The average Bonchev–Trinajstić information content (AvgIpc) is 2.59. The molecule has 2 nitrogen and oxygen atoms in total. The zero-order valence-electron chi connectivity index (χ0n) is 10.2. The van der Waals surface area contributed by atoms with Crippen molar-refractivity contribution >= 4 is 5.97 Å². The molecule has 2 bridgehead atoms. The summed E-state index contributed by atoms with van der Waals surface area (Å²) in [6.07, 6.45) is 3.81. The van der Waals surface area contributed by atoms with Crippen LogP contribution in [0.5, 0.6) is 0 Å². The number of rotatable bonds is 1. The lowest BCUT2D eigenvalue weighted by molar-refractivity contribution is -0.163. The average molecular weight is 210 g/mol. The first-order chi connectivity index (χ1) is 6.88. The van der Waals surface area contributed by atoms with Gasteiger partial charge in [0.15, 0.2) is 0 Å². The Morgan fingerprint density at radius 3 is 2.27 bits per heavy atom. The summed E-state index contributed by atoms with van der Waals surface area (Å²) in [4.78, 5) is 12.0. The van der Waals surface area contributed by atoms with Crippen LogP contribution < -0.4 is 0 Å². The Bertz CT molecular complexity index is 262. The molecule has 0 spiro atoms. The maximum atomic E-state index is 12.0. The molecule has 86 valence electrons. The van der Waals surface area contributed by atoms with E-state index in [-0.39, 0.29) is 17.5 Å². The Kier molecular flexibility index (Phi) is 2.56. The molecule has 15 heavy (non-hydrogen) atoms. The maximum Gasteiger partial charge on any atom is 0.310 e. The molecule has 4 atom stereocenters. The zero-order valence-corrected chi connectivity index (χ0v) is 10.2. The van der Waals surface area contributed by atoms with E-state index in [9.17, 15) is 4.79 Å². The van der Waals surface area contributed by atoms with E-state index in [0.717, 1.165) is 5.92 Å². The molecule has 0 N–H and O–H groups in total. The highest BCUT2D eigenvalue weighted by atomic mass is 16.6. The number of hydrogen-bond acceptors (Lipinski definition) is 2. The highest BCUT2D eigenvalue weighted by Gasteiger charge is 2.49. The van der Waals surface area contributed by atoms with Crippen LogP contribution in [0.15, 0.2) is 0 Å². The van der Waals surface area contributed by atoms with Crippen LogP contribution >= 0.6 is 0 Å². The van der Waals surface area contributed by atoms with Crippen LogP contribution in [-0.2, 0) is 9.53 Å². The Morgan fingerprint density at radius 1 is 1.20 bits per heavy atom. The second-order valence-corrected chi connectivity index (χ2v) is 6.25. The van der Waals surface area contributed by atoms with Gasteiger partial charge in [-0.3, -0.25) is 4.79 Å². The van der Waals surface area contributed by atoms with Gasteiger partial charge >= 0.3 is 5.97 Å². The number of ether oxygens (including phenoxy) is 1. The van der Waals surface area contributed by atoms with Crippen molar-refractivity contribution in [3.8, 4) is 0 Å². The summed E-state index contributed by atoms with van der Waals surface area (Å²) in [5.74, 6) is 2.16. The molecule has 2 aliphatic carbocycles. The van der Waals surface area contributed by atoms with Gasteiger partial charge in [-0.15, -0.1) is 0 Å². The van der Waals surface area contributed by atoms with Gasteiger partial charge in [0.05, 0.1) is 5.92 Å². The summed E-state index contributed by atoms with van der Waals surface area (Å²) in [5.41, 5.74) is -0.335. The van der Waals surface area contributed by atoms with Crippen molar-refractivity contribution < 1.29 is 9.53 Å². The fourth-order valence-electron chi connectivity index (χ4n) is 3.36. The molecule has 2 rings (SSSR count). The van der Waals surface area contributed by atoms with Crippen molar-refractivity contribution in [2.45, 2.75) is 52.6 Å². The Labute approximate surface area is 92.4 Å². The summed E-state index contributed by atoms with van der Waals surface area (Å²) in [7, 11) is 0. The molecule has 0 heterocycles. The number of carbonyl (C=O) groups is 1. The lowest BCUT2D eigenvalue weighted by Crippen LogP contribution is -2.34. The standard InChI is InChI=1S/C13H22O2/c1-8-9-5-6-10(7-9)11(8)12(14)15-13(2,3)4/h8-11H,5-7H2,1-4H3. The second-order valence-electron chi connectivity index (χ2n) is 6.25. The van der Waals surface area contributed by atoms with Crippen molar-refractivity contribution in [2.24, 2.45) is 23.7 Å². The van der Waals surface area contributed by atoms with E-state index in [2.05, 4.69) is 6.92 Å². The van der Waals surface area contributed by atoms with Gasteiger partial charge in [0.1, 0.15) is 5.60 Å². The number of carbonyl (C=O) groups excluding carboxylic acids is 1. The normalized spacial score (nSPS) is 39.5. The fourth-order valence-corrected chi connectivity index (χ4v) is 3.36. The molecule has 4 unspecified atom stereocenters. The van der Waals surface area contributed by atoms with E-state index >= 15 is 0 Å². The van der Waals surface area contributed by atoms with E-state index in [0.29, 0.717) is 11.8 Å². The van der Waals surface area contributed by atoms with Crippen LogP contribution in [0.1, 0.15) is 47.0 Å². The van der Waals surface area contributed by atoms with Gasteiger partial charge in [-0.2, -0.15) is 0 Å². The van der Waals surface area contributed by atoms with E-state index in [1.165, 1.54) is 19.3 Å². The zero-order chi connectivity index (χ0) is 11.2. The Morgan fingerprint density at radius 2 is 1.80 bits per heavy atom.